The molecule has 1 aromatic rings. The summed E-state index contributed by atoms with van der Waals surface area (Å²) in [6.07, 6.45) is -10.4. The van der Waals surface area contributed by atoms with Crippen LogP contribution in [-0.2, 0) is 14.2 Å². The first kappa shape index (κ1) is 24.8. The van der Waals surface area contributed by atoms with E-state index >= 15 is 0 Å². The van der Waals surface area contributed by atoms with Gasteiger partial charge in [-0.2, -0.15) is 0 Å². The fourth-order valence-corrected chi connectivity index (χ4v) is 3.39. The van der Waals surface area contributed by atoms with Crippen LogP contribution in [0.4, 0.5) is 0 Å². The summed E-state index contributed by atoms with van der Waals surface area (Å²) in [6, 6.07) is 4.37. The number of aliphatic hydroxyl groups excluding tert-OH is 5. The molecule has 0 spiro atoms. The van der Waals surface area contributed by atoms with Gasteiger partial charge in [-0.05, 0) is 25.1 Å². The SMILES string of the molecule is COc1cc(C(C)=O)ccc1O[C@@H]1O[C@H](CO[C@@H]2OC[C@](O)(CO)[C@@H]2O)[C@@H](O)[C@H](O)[C@H]1O. The van der Waals surface area contributed by atoms with Crippen molar-refractivity contribution in [3.05, 3.63) is 23.8 Å². The summed E-state index contributed by atoms with van der Waals surface area (Å²) in [4.78, 5) is 11.6. The molecule has 1 aromatic carbocycles. The molecule has 0 aromatic heterocycles. The molecular formula is C20H28O12. The quantitative estimate of drug-likeness (QED) is 0.225. The molecule has 2 aliphatic heterocycles. The normalized spacial score (nSPS) is 37.3. The first-order chi connectivity index (χ1) is 15.1. The predicted molar refractivity (Wildman–Crippen MR) is 104 cm³/mol. The highest BCUT2D eigenvalue weighted by molar-refractivity contribution is 5.94. The smallest absolute Gasteiger partial charge is 0.229 e. The van der Waals surface area contributed by atoms with E-state index in [0.29, 0.717) is 5.56 Å². The molecule has 3 rings (SSSR count). The third kappa shape index (κ3) is 4.88. The Morgan fingerprint density at radius 1 is 1.12 bits per heavy atom. The molecule has 32 heavy (non-hydrogen) atoms. The molecule has 0 aliphatic carbocycles. The average Bonchev–Trinajstić information content (AvgIpc) is 3.07. The van der Waals surface area contributed by atoms with Crippen LogP contribution in [0.15, 0.2) is 18.2 Å². The highest BCUT2D eigenvalue weighted by atomic mass is 16.7. The Balaban J connectivity index is 1.69. The second-order valence-corrected chi connectivity index (χ2v) is 7.77. The van der Waals surface area contributed by atoms with Gasteiger partial charge in [0.2, 0.25) is 6.29 Å². The van der Waals surface area contributed by atoms with Crippen LogP contribution in [0, 0.1) is 0 Å². The summed E-state index contributed by atoms with van der Waals surface area (Å²) in [5.74, 6) is 0.115. The Morgan fingerprint density at radius 2 is 1.84 bits per heavy atom. The monoisotopic (exact) mass is 460 g/mol. The van der Waals surface area contributed by atoms with Crippen molar-refractivity contribution in [3.8, 4) is 11.5 Å². The maximum atomic E-state index is 11.6. The minimum absolute atomic E-state index is 0.118. The highest BCUT2D eigenvalue weighted by Gasteiger charge is 2.50. The fraction of sp³-hybridized carbons (Fsp3) is 0.650. The van der Waals surface area contributed by atoms with Crippen molar-refractivity contribution in [1.82, 2.24) is 0 Å². The number of carbonyl (C=O) groups excluding carboxylic acids is 1. The van der Waals surface area contributed by atoms with Crippen molar-refractivity contribution in [2.24, 2.45) is 0 Å². The number of ketones is 1. The molecule has 2 fully saturated rings. The lowest BCUT2D eigenvalue weighted by molar-refractivity contribution is -0.289. The third-order valence-electron chi connectivity index (χ3n) is 5.49. The van der Waals surface area contributed by atoms with E-state index in [4.69, 9.17) is 23.7 Å². The van der Waals surface area contributed by atoms with Gasteiger partial charge in [-0.1, -0.05) is 0 Å². The number of Topliss-reactive ketones (excluding diaryl/α,β-unsaturated/α-hetero) is 1. The van der Waals surface area contributed by atoms with Gasteiger partial charge in [-0.3, -0.25) is 4.79 Å². The lowest BCUT2D eigenvalue weighted by Crippen LogP contribution is -2.60. The highest BCUT2D eigenvalue weighted by Crippen LogP contribution is 2.33. The lowest BCUT2D eigenvalue weighted by Gasteiger charge is -2.40. The third-order valence-corrected chi connectivity index (χ3v) is 5.49. The predicted octanol–water partition coefficient (Wildman–Crippen LogP) is -2.46. The van der Waals surface area contributed by atoms with E-state index in [-0.39, 0.29) is 23.9 Å². The van der Waals surface area contributed by atoms with Crippen molar-refractivity contribution in [2.75, 3.05) is 26.9 Å². The standard InChI is InChI=1S/C20H28O12/c1-9(22)10-3-4-11(12(5-10)28-2)31-18-16(25)15(24)14(23)13(32-18)6-29-19-17(26)20(27,7-21)8-30-19/h3-5,13-19,21,23-27H,6-8H2,1-2H3/t13-,14-,15+,16-,17-,18-,19-,20-/m1/s1. The van der Waals surface area contributed by atoms with E-state index in [2.05, 4.69) is 0 Å². The topological polar surface area (TPSA) is 185 Å². The van der Waals surface area contributed by atoms with E-state index in [1.165, 1.54) is 32.2 Å². The summed E-state index contributed by atoms with van der Waals surface area (Å²) in [5.41, 5.74) is -1.51. The Kier molecular flexibility index (Phi) is 7.70. The zero-order valence-electron chi connectivity index (χ0n) is 17.5. The molecular weight excluding hydrogens is 432 g/mol. The maximum Gasteiger partial charge on any atom is 0.229 e. The van der Waals surface area contributed by atoms with Gasteiger partial charge in [0.15, 0.2) is 23.6 Å². The summed E-state index contributed by atoms with van der Waals surface area (Å²) >= 11 is 0. The number of rotatable bonds is 8. The van der Waals surface area contributed by atoms with Crippen molar-refractivity contribution < 1.29 is 59.1 Å². The van der Waals surface area contributed by atoms with Crippen LogP contribution >= 0.6 is 0 Å². The van der Waals surface area contributed by atoms with Crippen LogP contribution in [0.1, 0.15) is 17.3 Å². The number of methoxy groups -OCH3 is 1. The molecule has 2 saturated heterocycles. The second-order valence-electron chi connectivity index (χ2n) is 7.77. The van der Waals surface area contributed by atoms with E-state index in [1.807, 2.05) is 0 Å². The largest absolute Gasteiger partial charge is 0.493 e. The van der Waals surface area contributed by atoms with Gasteiger partial charge in [0, 0.05) is 5.56 Å². The molecule has 2 heterocycles. The van der Waals surface area contributed by atoms with E-state index < -0.39 is 61.9 Å². The van der Waals surface area contributed by atoms with Gasteiger partial charge in [0.05, 0.1) is 26.9 Å². The van der Waals surface area contributed by atoms with E-state index in [0.717, 1.165) is 0 Å². The number of ether oxygens (including phenoxy) is 5. The summed E-state index contributed by atoms with van der Waals surface area (Å²) < 4.78 is 26.9. The van der Waals surface area contributed by atoms with Crippen molar-refractivity contribution in [1.29, 1.82) is 0 Å². The number of benzene rings is 1. The van der Waals surface area contributed by atoms with Crippen LogP contribution < -0.4 is 9.47 Å². The molecule has 2 aliphatic rings. The molecule has 0 radical (unpaired) electrons. The van der Waals surface area contributed by atoms with Gasteiger partial charge in [-0.25, -0.2) is 0 Å². The van der Waals surface area contributed by atoms with Gasteiger partial charge >= 0.3 is 0 Å². The molecule has 0 unspecified atom stereocenters. The Morgan fingerprint density at radius 3 is 2.44 bits per heavy atom. The Labute approximate surface area is 183 Å². The van der Waals surface area contributed by atoms with Crippen molar-refractivity contribution in [3.63, 3.8) is 0 Å². The molecule has 180 valence electrons. The summed E-state index contributed by atoms with van der Waals surface area (Å²) in [7, 11) is 1.36. The van der Waals surface area contributed by atoms with Crippen LogP contribution in [0.25, 0.3) is 0 Å². The zero-order valence-corrected chi connectivity index (χ0v) is 17.5. The number of carbonyl (C=O) groups is 1. The van der Waals surface area contributed by atoms with Crippen molar-refractivity contribution in [2.45, 2.75) is 55.6 Å². The number of aliphatic hydroxyl groups is 6. The Bertz CT molecular complexity index is 803. The van der Waals surface area contributed by atoms with Gasteiger partial charge in [-0.15, -0.1) is 0 Å². The summed E-state index contributed by atoms with van der Waals surface area (Å²) in [6.45, 7) is -0.138. The molecule has 6 N–H and O–H groups in total. The molecule has 8 atom stereocenters. The van der Waals surface area contributed by atoms with Crippen LogP contribution in [-0.4, -0.2) is 112 Å². The van der Waals surface area contributed by atoms with E-state index in [9.17, 15) is 35.4 Å². The van der Waals surface area contributed by atoms with E-state index in [1.54, 1.807) is 0 Å². The zero-order chi connectivity index (χ0) is 23.6. The maximum absolute atomic E-state index is 11.6. The molecule has 0 amide bonds. The number of hydrogen-bond donors (Lipinski definition) is 6. The van der Waals surface area contributed by atoms with Crippen molar-refractivity contribution >= 4 is 5.78 Å². The van der Waals surface area contributed by atoms with Crippen LogP contribution in [0.3, 0.4) is 0 Å². The Hall–Kier alpha value is -1.87. The fourth-order valence-electron chi connectivity index (χ4n) is 3.39. The summed E-state index contributed by atoms with van der Waals surface area (Å²) in [5, 5.41) is 60.0. The number of hydrogen-bond acceptors (Lipinski definition) is 12. The van der Waals surface area contributed by atoms with Crippen LogP contribution in [0.5, 0.6) is 11.5 Å². The van der Waals surface area contributed by atoms with Gasteiger partial charge in [0.25, 0.3) is 0 Å². The second kappa shape index (κ2) is 9.95. The molecule has 0 bridgehead atoms. The molecule has 0 saturated carbocycles. The molecule has 12 nitrogen and oxygen atoms in total. The first-order valence-electron chi connectivity index (χ1n) is 9.91. The minimum Gasteiger partial charge on any atom is -0.493 e. The lowest BCUT2D eigenvalue weighted by atomic mass is 9.99. The van der Waals surface area contributed by atoms with Gasteiger partial charge in [0.1, 0.15) is 36.1 Å². The van der Waals surface area contributed by atoms with Crippen LogP contribution in [0.2, 0.25) is 0 Å². The first-order valence-corrected chi connectivity index (χ1v) is 9.91. The molecule has 12 heteroatoms. The average molecular weight is 460 g/mol. The minimum atomic E-state index is -1.89. The van der Waals surface area contributed by atoms with Gasteiger partial charge < -0.3 is 54.3 Å².